The van der Waals surface area contributed by atoms with E-state index in [1.165, 1.54) is 101 Å². The minimum absolute atomic E-state index is 0.258. The summed E-state index contributed by atoms with van der Waals surface area (Å²) in [5.74, 6) is -0.709. The molecule has 0 aliphatic heterocycles. The molecule has 0 atom stereocenters. The van der Waals surface area contributed by atoms with E-state index in [1.54, 1.807) is 0 Å². The van der Waals surface area contributed by atoms with Crippen molar-refractivity contribution in [3.8, 4) is 0 Å². The second kappa shape index (κ2) is 25.4. The highest BCUT2D eigenvalue weighted by atomic mass is 79.9. The largest absolute Gasteiger partial charge is 0.481 e. The molecule has 0 bridgehead atoms. The monoisotopic (exact) mass is 496 g/mol. The molecule has 3 heteroatoms. The van der Waals surface area contributed by atoms with E-state index in [2.05, 4.69) is 53.2 Å². The van der Waals surface area contributed by atoms with Crippen LogP contribution in [0.2, 0.25) is 0 Å². The molecule has 0 aliphatic carbocycles. The maximum atomic E-state index is 10.5. The predicted octanol–water partition coefficient (Wildman–Crippen LogP) is 10.3. The average molecular weight is 498 g/mol. The van der Waals surface area contributed by atoms with Crippen LogP contribution in [0.3, 0.4) is 0 Å². The van der Waals surface area contributed by atoms with Crippen LogP contribution < -0.4 is 0 Å². The molecule has 2 nitrogen and oxygen atoms in total. The number of carbonyl (C=O) groups is 1. The lowest BCUT2D eigenvalue weighted by molar-refractivity contribution is -0.137. The lowest BCUT2D eigenvalue weighted by Gasteiger charge is -2.02. The molecule has 0 fully saturated rings. The highest BCUT2D eigenvalue weighted by Crippen LogP contribution is 2.16. The Bertz CT molecular complexity index is 479. The van der Waals surface area contributed by atoms with Gasteiger partial charge in [-0.1, -0.05) is 117 Å². The fourth-order valence-electron chi connectivity index (χ4n) is 3.59. The van der Waals surface area contributed by atoms with E-state index in [4.69, 9.17) is 5.11 Å². The van der Waals surface area contributed by atoms with Crippen molar-refractivity contribution in [3.05, 3.63) is 34.9 Å². The molecule has 0 radical (unpaired) electrons. The number of hydrogen-bond acceptors (Lipinski definition) is 1. The molecule has 0 unspecified atom stereocenters. The first-order chi connectivity index (χ1) is 15.2. The van der Waals surface area contributed by atoms with E-state index in [9.17, 15) is 4.79 Å². The first-order valence-electron chi connectivity index (χ1n) is 13.0. The molecule has 0 aromatic carbocycles. The van der Waals surface area contributed by atoms with Crippen LogP contribution in [0.4, 0.5) is 0 Å². The number of rotatable bonds is 23. The van der Waals surface area contributed by atoms with Crippen LogP contribution in [-0.2, 0) is 4.79 Å². The molecule has 0 amide bonds. The van der Waals surface area contributed by atoms with Crippen LogP contribution in [0.5, 0.6) is 0 Å². The lowest BCUT2D eigenvalue weighted by Crippen LogP contribution is -1.92. The van der Waals surface area contributed by atoms with Gasteiger partial charge in [-0.3, -0.25) is 4.79 Å². The summed E-state index contributed by atoms with van der Waals surface area (Å²) in [6.07, 6.45) is 35.7. The average Bonchev–Trinajstić information content (AvgIpc) is 2.75. The van der Waals surface area contributed by atoms with Crippen molar-refractivity contribution in [2.24, 2.45) is 0 Å². The van der Waals surface area contributed by atoms with Gasteiger partial charge in [-0.2, -0.15) is 0 Å². The van der Waals surface area contributed by atoms with E-state index >= 15 is 0 Å². The Morgan fingerprint density at radius 1 is 0.613 bits per heavy atom. The highest BCUT2D eigenvalue weighted by molar-refractivity contribution is 9.11. The quantitative estimate of drug-likeness (QED) is 0.113. The predicted molar refractivity (Wildman–Crippen MR) is 141 cm³/mol. The molecule has 180 valence electrons. The van der Waals surface area contributed by atoms with Crippen LogP contribution in [0.15, 0.2) is 34.9 Å². The van der Waals surface area contributed by atoms with Crippen LogP contribution in [0.25, 0.3) is 0 Å². The Hall–Kier alpha value is -0.830. The minimum atomic E-state index is -0.709. The van der Waals surface area contributed by atoms with Crippen LogP contribution in [0.1, 0.15) is 135 Å². The summed E-state index contributed by atoms with van der Waals surface area (Å²) in [5.41, 5.74) is 0. The van der Waals surface area contributed by atoms with Crippen molar-refractivity contribution in [3.63, 3.8) is 0 Å². The van der Waals surface area contributed by atoms with Gasteiger partial charge < -0.3 is 5.11 Å². The van der Waals surface area contributed by atoms with E-state index in [1.807, 2.05) is 0 Å². The summed E-state index contributed by atoms with van der Waals surface area (Å²) in [6.45, 7) is 2.24. The Labute approximate surface area is 201 Å². The topological polar surface area (TPSA) is 37.3 Å². The molecule has 1 N–H and O–H groups in total. The van der Waals surface area contributed by atoms with Crippen molar-refractivity contribution in [2.75, 3.05) is 0 Å². The number of carboxylic acids is 1. The van der Waals surface area contributed by atoms with Gasteiger partial charge in [0.2, 0.25) is 0 Å². The summed E-state index contributed by atoms with van der Waals surface area (Å²) in [7, 11) is 0. The van der Waals surface area contributed by atoms with Gasteiger partial charge in [0.15, 0.2) is 0 Å². The van der Waals surface area contributed by atoms with Crippen molar-refractivity contribution in [1.82, 2.24) is 0 Å². The SMILES string of the molecule is CCCC=CCCCCCCCCCCCCCC=CCCC(Br)=CCCCC(=O)O. The summed E-state index contributed by atoms with van der Waals surface area (Å²) >= 11 is 3.58. The fourth-order valence-corrected chi connectivity index (χ4v) is 4.05. The molecule has 0 aromatic rings. The zero-order valence-electron chi connectivity index (χ0n) is 20.3. The van der Waals surface area contributed by atoms with Crippen molar-refractivity contribution in [1.29, 1.82) is 0 Å². The third-order valence-corrected chi connectivity index (χ3v) is 6.26. The van der Waals surface area contributed by atoms with Gasteiger partial charge in [-0.15, -0.1) is 0 Å². The van der Waals surface area contributed by atoms with Crippen molar-refractivity contribution >= 4 is 21.9 Å². The first-order valence-corrected chi connectivity index (χ1v) is 13.8. The second-order valence-electron chi connectivity index (χ2n) is 8.67. The van der Waals surface area contributed by atoms with Gasteiger partial charge in [-0.25, -0.2) is 0 Å². The third-order valence-electron chi connectivity index (χ3n) is 5.54. The Morgan fingerprint density at radius 3 is 1.55 bits per heavy atom. The standard InChI is InChI=1S/C28H49BrO2/c1-2-3-4-5-6-7-8-9-10-11-12-13-14-15-16-17-18-19-20-21-24-27(29)25-22-23-26-28(30)31/h4-5,19-20,25H,2-3,6-18,21-24,26H2,1H3,(H,30,31). The van der Waals surface area contributed by atoms with Gasteiger partial charge in [0, 0.05) is 6.42 Å². The van der Waals surface area contributed by atoms with Gasteiger partial charge in [0.25, 0.3) is 0 Å². The number of unbranched alkanes of at least 4 members (excludes halogenated alkanes) is 14. The number of allylic oxidation sites excluding steroid dienone is 6. The van der Waals surface area contributed by atoms with Crippen LogP contribution >= 0.6 is 15.9 Å². The van der Waals surface area contributed by atoms with Crippen molar-refractivity contribution in [2.45, 2.75) is 135 Å². The lowest BCUT2D eigenvalue weighted by atomic mass is 10.0. The van der Waals surface area contributed by atoms with E-state index in [0.717, 1.165) is 25.7 Å². The van der Waals surface area contributed by atoms with Crippen LogP contribution in [0, 0.1) is 0 Å². The summed E-state index contributed by atoms with van der Waals surface area (Å²) < 4.78 is 1.20. The summed E-state index contributed by atoms with van der Waals surface area (Å²) in [6, 6.07) is 0. The normalized spacial score (nSPS) is 12.4. The molecule has 0 saturated carbocycles. The maximum Gasteiger partial charge on any atom is 0.303 e. The van der Waals surface area contributed by atoms with Gasteiger partial charge >= 0.3 is 5.97 Å². The van der Waals surface area contributed by atoms with Gasteiger partial charge in [-0.05, 0) is 62.3 Å². The summed E-state index contributed by atoms with van der Waals surface area (Å²) in [5, 5.41) is 8.62. The van der Waals surface area contributed by atoms with Crippen LogP contribution in [-0.4, -0.2) is 11.1 Å². The molecule has 0 heterocycles. The molecule has 0 aromatic heterocycles. The van der Waals surface area contributed by atoms with Crippen molar-refractivity contribution < 1.29 is 9.90 Å². The highest BCUT2D eigenvalue weighted by Gasteiger charge is 1.96. The number of carboxylic acid groups (broad SMARTS) is 1. The van der Waals surface area contributed by atoms with E-state index in [0.29, 0.717) is 0 Å². The summed E-state index contributed by atoms with van der Waals surface area (Å²) in [4.78, 5) is 10.5. The molecule has 0 spiro atoms. The zero-order chi connectivity index (χ0) is 22.8. The Balaban J connectivity index is 3.27. The molecule has 31 heavy (non-hydrogen) atoms. The van der Waals surface area contributed by atoms with E-state index < -0.39 is 5.97 Å². The number of halogens is 1. The van der Waals surface area contributed by atoms with Gasteiger partial charge in [0.1, 0.15) is 0 Å². The Morgan fingerprint density at radius 2 is 1.06 bits per heavy atom. The second-order valence-corrected chi connectivity index (χ2v) is 9.69. The number of hydrogen-bond donors (Lipinski definition) is 1. The molecular weight excluding hydrogens is 448 g/mol. The number of aliphatic carboxylic acids is 1. The molecule has 0 aliphatic rings. The minimum Gasteiger partial charge on any atom is -0.481 e. The molecular formula is C28H49BrO2. The van der Waals surface area contributed by atoms with Gasteiger partial charge in [0.05, 0.1) is 0 Å². The zero-order valence-corrected chi connectivity index (χ0v) is 21.8. The third kappa shape index (κ3) is 27.1. The fraction of sp³-hybridized carbons (Fsp3) is 0.750. The smallest absolute Gasteiger partial charge is 0.303 e. The molecule has 0 rings (SSSR count). The molecule has 0 saturated heterocycles. The maximum absolute atomic E-state index is 10.5. The van der Waals surface area contributed by atoms with E-state index in [-0.39, 0.29) is 6.42 Å². The first kappa shape index (κ1) is 30.2. The Kier molecular flexibility index (Phi) is 24.7.